The molecule has 1 N–H and O–H groups in total. The van der Waals surface area contributed by atoms with Crippen molar-refractivity contribution >= 4 is 6.16 Å². The standard InChI is InChI=1S/C5H10O3/c1-3-4(2)8-5(6)7/h4H,3H2,1-2H3,(H,6,7). The van der Waals surface area contributed by atoms with Crippen LogP contribution >= 0.6 is 0 Å². The summed E-state index contributed by atoms with van der Waals surface area (Å²) in [6, 6.07) is 0. The van der Waals surface area contributed by atoms with Crippen molar-refractivity contribution < 1.29 is 14.6 Å². The maximum absolute atomic E-state index is 9.75. The fourth-order valence-corrected chi connectivity index (χ4v) is 0.255. The molecule has 0 amide bonds. The zero-order valence-electron chi connectivity index (χ0n) is 5.05. The Hall–Kier alpha value is -0.730. The topological polar surface area (TPSA) is 46.5 Å². The van der Waals surface area contributed by atoms with Crippen molar-refractivity contribution in [3.63, 3.8) is 0 Å². The summed E-state index contributed by atoms with van der Waals surface area (Å²) in [5.41, 5.74) is 0. The largest absolute Gasteiger partial charge is 0.506 e. The van der Waals surface area contributed by atoms with Crippen molar-refractivity contribution in [2.45, 2.75) is 26.4 Å². The van der Waals surface area contributed by atoms with Gasteiger partial charge in [0.25, 0.3) is 0 Å². The molecule has 1 unspecified atom stereocenters. The molecule has 1 atom stereocenters. The molecule has 0 rings (SSSR count). The Morgan fingerprint density at radius 3 is 2.50 bits per heavy atom. The molecule has 0 aliphatic carbocycles. The molecule has 0 bridgehead atoms. The highest BCUT2D eigenvalue weighted by molar-refractivity contribution is 5.56. The Morgan fingerprint density at radius 2 is 2.38 bits per heavy atom. The molecule has 0 aromatic heterocycles. The van der Waals surface area contributed by atoms with Crippen molar-refractivity contribution in [2.24, 2.45) is 0 Å². The first-order valence-electron chi connectivity index (χ1n) is 2.56. The van der Waals surface area contributed by atoms with Crippen LogP contribution in [0.3, 0.4) is 0 Å². The molecule has 0 aromatic rings. The van der Waals surface area contributed by atoms with E-state index < -0.39 is 6.16 Å². The van der Waals surface area contributed by atoms with E-state index in [1.54, 1.807) is 6.92 Å². The van der Waals surface area contributed by atoms with Gasteiger partial charge < -0.3 is 9.84 Å². The summed E-state index contributed by atoms with van der Waals surface area (Å²) in [5, 5.41) is 7.99. The first-order valence-corrected chi connectivity index (χ1v) is 2.56. The molecule has 0 aliphatic rings. The van der Waals surface area contributed by atoms with Gasteiger partial charge in [-0.15, -0.1) is 0 Å². The molecule has 0 aliphatic heterocycles. The number of carboxylic acid groups (broad SMARTS) is 1. The fourth-order valence-electron chi connectivity index (χ4n) is 0.255. The number of hydrogen-bond donors (Lipinski definition) is 1. The number of ether oxygens (including phenoxy) is 1. The van der Waals surface area contributed by atoms with Crippen LogP contribution in [-0.2, 0) is 4.74 Å². The van der Waals surface area contributed by atoms with E-state index in [4.69, 9.17) is 5.11 Å². The fraction of sp³-hybridized carbons (Fsp3) is 0.800. The van der Waals surface area contributed by atoms with Crippen LogP contribution in [0.1, 0.15) is 20.3 Å². The molecular formula is C5H10O3. The minimum atomic E-state index is -1.20. The van der Waals surface area contributed by atoms with Gasteiger partial charge in [-0.05, 0) is 13.3 Å². The monoisotopic (exact) mass is 118 g/mol. The van der Waals surface area contributed by atoms with Gasteiger partial charge in [0.05, 0.1) is 0 Å². The lowest BCUT2D eigenvalue weighted by molar-refractivity contribution is 0.0577. The second kappa shape index (κ2) is 3.29. The predicted molar refractivity (Wildman–Crippen MR) is 28.9 cm³/mol. The first-order chi connectivity index (χ1) is 3.66. The summed E-state index contributed by atoms with van der Waals surface area (Å²) in [5.74, 6) is 0. The van der Waals surface area contributed by atoms with Crippen LogP contribution in [0, 0.1) is 0 Å². The Bertz CT molecular complexity index is 79.7. The summed E-state index contributed by atoms with van der Waals surface area (Å²) in [7, 11) is 0. The average molecular weight is 118 g/mol. The van der Waals surface area contributed by atoms with Gasteiger partial charge in [0.1, 0.15) is 6.10 Å². The summed E-state index contributed by atoms with van der Waals surface area (Å²) in [6.45, 7) is 3.59. The summed E-state index contributed by atoms with van der Waals surface area (Å²) >= 11 is 0. The minimum Gasteiger partial charge on any atom is -0.450 e. The van der Waals surface area contributed by atoms with Gasteiger partial charge >= 0.3 is 6.16 Å². The second-order valence-electron chi connectivity index (χ2n) is 1.60. The van der Waals surface area contributed by atoms with E-state index in [1.165, 1.54) is 0 Å². The van der Waals surface area contributed by atoms with Gasteiger partial charge in [-0.25, -0.2) is 4.79 Å². The number of hydrogen-bond acceptors (Lipinski definition) is 2. The van der Waals surface area contributed by atoms with Crippen LogP contribution in [0.5, 0.6) is 0 Å². The lowest BCUT2D eigenvalue weighted by Gasteiger charge is -2.04. The second-order valence-corrected chi connectivity index (χ2v) is 1.60. The number of rotatable bonds is 2. The lowest BCUT2D eigenvalue weighted by atomic mass is 10.3. The van der Waals surface area contributed by atoms with E-state index in [9.17, 15) is 4.79 Å². The maximum atomic E-state index is 9.75. The Balaban J connectivity index is 3.24. The van der Waals surface area contributed by atoms with E-state index in [0.29, 0.717) is 0 Å². The average Bonchev–Trinajstić information content (AvgIpc) is 1.65. The van der Waals surface area contributed by atoms with Gasteiger partial charge in [-0.3, -0.25) is 0 Å². The van der Waals surface area contributed by atoms with Crippen molar-refractivity contribution in [1.82, 2.24) is 0 Å². The normalized spacial score (nSPS) is 12.8. The van der Waals surface area contributed by atoms with E-state index in [-0.39, 0.29) is 6.10 Å². The van der Waals surface area contributed by atoms with Crippen LogP contribution in [0.2, 0.25) is 0 Å². The zero-order chi connectivity index (χ0) is 6.57. The molecule has 8 heavy (non-hydrogen) atoms. The first kappa shape index (κ1) is 7.27. The highest BCUT2D eigenvalue weighted by Gasteiger charge is 2.01. The highest BCUT2D eigenvalue weighted by atomic mass is 16.7. The van der Waals surface area contributed by atoms with Crippen LogP contribution in [0.25, 0.3) is 0 Å². The van der Waals surface area contributed by atoms with Crippen LogP contribution in [0.15, 0.2) is 0 Å². The van der Waals surface area contributed by atoms with Crippen LogP contribution in [0.4, 0.5) is 4.79 Å². The molecule has 0 fully saturated rings. The van der Waals surface area contributed by atoms with Crippen molar-refractivity contribution in [3.05, 3.63) is 0 Å². The number of carbonyl (C=O) groups is 1. The molecule has 48 valence electrons. The van der Waals surface area contributed by atoms with Crippen molar-refractivity contribution in [3.8, 4) is 0 Å². The molecular weight excluding hydrogens is 108 g/mol. The molecule has 0 spiro atoms. The minimum absolute atomic E-state index is 0.174. The molecule has 0 saturated heterocycles. The van der Waals surface area contributed by atoms with Gasteiger partial charge in [0.15, 0.2) is 0 Å². The molecule has 0 heterocycles. The quantitative estimate of drug-likeness (QED) is 0.558. The summed E-state index contributed by atoms with van der Waals surface area (Å²) < 4.78 is 4.32. The van der Waals surface area contributed by atoms with Crippen molar-refractivity contribution in [1.29, 1.82) is 0 Å². The van der Waals surface area contributed by atoms with E-state index in [0.717, 1.165) is 6.42 Å². The van der Waals surface area contributed by atoms with E-state index in [2.05, 4.69) is 4.74 Å². The molecule has 0 aromatic carbocycles. The Morgan fingerprint density at radius 1 is 1.88 bits per heavy atom. The Kier molecular flexibility index (Phi) is 2.99. The van der Waals surface area contributed by atoms with E-state index >= 15 is 0 Å². The summed E-state index contributed by atoms with van der Waals surface area (Å²) in [4.78, 5) is 9.75. The van der Waals surface area contributed by atoms with Gasteiger partial charge in [0.2, 0.25) is 0 Å². The predicted octanol–water partition coefficient (Wildman–Crippen LogP) is 1.48. The zero-order valence-corrected chi connectivity index (χ0v) is 5.05. The third kappa shape index (κ3) is 3.46. The van der Waals surface area contributed by atoms with Crippen LogP contribution in [-0.4, -0.2) is 17.4 Å². The molecule has 0 saturated carbocycles. The third-order valence-electron chi connectivity index (χ3n) is 0.877. The van der Waals surface area contributed by atoms with Gasteiger partial charge in [-0.1, -0.05) is 6.92 Å². The van der Waals surface area contributed by atoms with E-state index in [1.807, 2.05) is 6.92 Å². The Labute approximate surface area is 48.3 Å². The summed E-state index contributed by atoms with van der Waals surface area (Å²) in [6.07, 6.45) is -0.640. The van der Waals surface area contributed by atoms with Crippen molar-refractivity contribution in [2.75, 3.05) is 0 Å². The van der Waals surface area contributed by atoms with Gasteiger partial charge in [0, 0.05) is 0 Å². The smallest absolute Gasteiger partial charge is 0.450 e. The molecule has 0 radical (unpaired) electrons. The lowest BCUT2D eigenvalue weighted by Crippen LogP contribution is -2.10. The molecule has 3 heteroatoms. The van der Waals surface area contributed by atoms with Gasteiger partial charge in [-0.2, -0.15) is 0 Å². The van der Waals surface area contributed by atoms with Crippen LogP contribution < -0.4 is 0 Å². The SMILES string of the molecule is CCC(C)OC(=O)O. The maximum Gasteiger partial charge on any atom is 0.506 e. The molecule has 3 nitrogen and oxygen atoms in total. The third-order valence-corrected chi connectivity index (χ3v) is 0.877. The highest BCUT2D eigenvalue weighted by Crippen LogP contribution is 1.94.